The highest BCUT2D eigenvalue weighted by molar-refractivity contribution is 5.23. The van der Waals surface area contributed by atoms with E-state index in [0.29, 0.717) is 6.10 Å². The van der Waals surface area contributed by atoms with Crippen molar-refractivity contribution in [3.05, 3.63) is 35.4 Å². The summed E-state index contributed by atoms with van der Waals surface area (Å²) >= 11 is 0. The van der Waals surface area contributed by atoms with Crippen LogP contribution in [0, 0.1) is 6.92 Å². The molecule has 1 aliphatic carbocycles. The summed E-state index contributed by atoms with van der Waals surface area (Å²) in [4.78, 5) is 0. The average Bonchev–Trinajstić information content (AvgIpc) is 2.45. The van der Waals surface area contributed by atoms with Crippen molar-refractivity contribution in [2.45, 2.75) is 58.2 Å². The number of likely N-dealkylation sites (N-methyl/N-ethyl adjacent to an activating group) is 1. The molecule has 1 aromatic carbocycles. The zero-order valence-corrected chi connectivity index (χ0v) is 12.3. The molecule has 0 saturated heterocycles. The van der Waals surface area contributed by atoms with Gasteiger partial charge in [-0.3, -0.25) is 0 Å². The molecule has 1 atom stereocenters. The van der Waals surface area contributed by atoms with Crippen molar-refractivity contribution in [1.29, 1.82) is 0 Å². The summed E-state index contributed by atoms with van der Waals surface area (Å²) in [5.74, 6) is 0. The molecule has 2 rings (SSSR count). The molecule has 0 aromatic heterocycles. The summed E-state index contributed by atoms with van der Waals surface area (Å²) in [5.41, 5.74) is 2.61. The number of ether oxygens (including phenoxy) is 1. The Balaban J connectivity index is 1.99. The van der Waals surface area contributed by atoms with Crippen LogP contribution in [0.1, 0.15) is 56.3 Å². The Bertz CT molecular complexity index is 354. The van der Waals surface area contributed by atoms with E-state index in [-0.39, 0.29) is 6.10 Å². The van der Waals surface area contributed by atoms with E-state index in [1.165, 1.54) is 43.2 Å². The third kappa shape index (κ3) is 4.63. The molecule has 19 heavy (non-hydrogen) atoms. The number of aryl methyl sites for hydroxylation is 1. The van der Waals surface area contributed by atoms with Crippen molar-refractivity contribution in [3.63, 3.8) is 0 Å². The minimum atomic E-state index is 0.198. The number of rotatable bonds is 6. The van der Waals surface area contributed by atoms with Crippen LogP contribution >= 0.6 is 0 Å². The lowest BCUT2D eigenvalue weighted by molar-refractivity contribution is -0.0304. The lowest BCUT2D eigenvalue weighted by Crippen LogP contribution is -2.27. The molecule has 1 unspecified atom stereocenters. The summed E-state index contributed by atoms with van der Waals surface area (Å²) in [6.07, 6.45) is 7.15. The van der Waals surface area contributed by atoms with Crippen LogP contribution in [0.5, 0.6) is 0 Å². The summed E-state index contributed by atoms with van der Waals surface area (Å²) in [7, 11) is 0. The molecule has 0 bridgehead atoms. The predicted molar refractivity (Wildman–Crippen MR) is 80.4 cm³/mol. The fraction of sp³-hybridized carbons (Fsp3) is 0.647. The third-order valence-corrected chi connectivity index (χ3v) is 3.94. The van der Waals surface area contributed by atoms with Gasteiger partial charge in [-0.25, -0.2) is 0 Å². The van der Waals surface area contributed by atoms with E-state index in [1.807, 2.05) is 0 Å². The van der Waals surface area contributed by atoms with Gasteiger partial charge < -0.3 is 10.1 Å². The molecule has 1 aliphatic rings. The first-order valence-corrected chi connectivity index (χ1v) is 7.72. The molecule has 0 amide bonds. The van der Waals surface area contributed by atoms with E-state index in [2.05, 4.69) is 43.4 Å². The lowest BCUT2D eigenvalue weighted by Gasteiger charge is -2.28. The Morgan fingerprint density at radius 3 is 2.47 bits per heavy atom. The van der Waals surface area contributed by atoms with Crippen LogP contribution in [0.25, 0.3) is 0 Å². The van der Waals surface area contributed by atoms with Crippen LogP contribution in [0.3, 0.4) is 0 Å². The molecule has 1 fully saturated rings. The van der Waals surface area contributed by atoms with Crippen molar-refractivity contribution >= 4 is 0 Å². The number of nitrogens with one attached hydrogen (secondary N) is 1. The molecular weight excluding hydrogens is 234 g/mol. The van der Waals surface area contributed by atoms with Crippen LogP contribution < -0.4 is 5.32 Å². The first-order chi connectivity index (χ1) is 9.29. The van der Waals surface area contributed by atoms with Crippen molar-refractivity contribution < 1.29 is 4.74 Å². The minimum Gasteiger partial charge on any atom is -0.369 e. The van der Waals surface area contributed by atoms with Gasteiger partial charge in [-0.05, 0) is 31.9 Å². The molecule has 2 heteroatoms. The van der Waals surface area contributed by atoms with Gasteiger partial charge in [0.2, 0.25) is 0 Å². The number of hydrogen-bond acceptors (Lipinski definition) is 2. The smallest absolute Gasteiger partial charge is 0.0952 e. The highest BCUT2D eigenvalue weighted by atomic mass is 16.5. The van der Waals surface area contributed by atoms with Gasteiger partial charge in [0, 0.05) is 6.54 Å². The van der Waals surface area contributed by atoms with Gasteiger partial charge in [-0.1, -0.05) is 56.0 Å². The van der Waals surface area contributed by atoms with Crippen molar-refractivity contribution in [1.82, 2.24) is 5.32 Å². The van der Waals surface area contributed by atoms with Gasteiger partial charge in [0.15, 0.2) is 0 Å². The molecular formula is C17H27NO. The normalized spacial score (nSPS) is 18.4. The predicted octanol–water partition coefficient (Wildman–Crippen LogP) is 3.99. The first kappa shape index (κ1) is 14.5. The van der Waals surface area contributed by atoms with Crippen molar-refractivity contribution in [2.24, 2.45) is 0 Å². The standard InChI is InChI=1S/C17H27NO/c1-3-18-13-17(15-11-9-14(2)10-12-15)19-16-7-5-4-6-8-16/h9-12,16-18H,3-8,13H2,1-2H3. The Morgan fingerprint density at radius 1 is 1.16 bits per heavy atom. The lowest BCUT2D eigenvalue weighted by atomic mass is 9.97. The Labute approximate surface area is 117 Å². The molecule has 106 valence electrons. The maximum atomic E-state index is 6.36. The SMILES string of the molecule is CCNCC(OC1CCCCC1)c1ccc(C)cc1. The summed E-state index contributed by atoms with van der Waals surface area (Å²) in [6.45, 7) is 6.18. The minimum absolute atomic E-state index is 0.198. The molecule has 0 aliphatic heterocycles. The summed E-state index contributed by atoms with van der Waals surface area (Å²) < 4.78 is 6.36. The molecule has 0 radical (unpaired) electrons. The summed E-state index contributed by atoms with van der Waals surface area (Å²) in [6, 6.07) is 8.78. The fourth-order valence-electron chi connectivity index (χ4n) is 2.73. The Kier molecular flexibility index (Phi) is 5.87. The van der Waals surface area contributed by atoms with Crippen molar-refractivity contribution in [3.8, 4) is 0 Å². The van der Waals surface area contributed by atoms with Gasteiger partial charge in [-0.2, -0.15) is 0 Å². The second-order valence-corrected chi connectivity index (χ2v) is 5.60. The van der Waals surface area contributed by atoms with Gasteiger partial charge in [0.1, 0.15) is 0 Å². The summed E-state index contributed by atoms with van der Waals surface area (Å²) in [5, 5.41) is 3.43. The van der Waals surface area contributed by atoms with E-state index >= 15 is 0 Å². The number of benzene rings is 1. The van der Waals surface area contributed by atoms with Gasteiger partial charge >= 0.3 is 0 Å². The quantitative estimate of drug-likeness (QED) is 0.836. The second-order valence-electron chi connectivity index (χ2n) is 5.60. The molecule has 1 N–H and O–H groups in total. The molecule has 2 nitrogen and oxygen atoms in total. The largest absolute Gasteiger partial charge is 0.369 e. The average molecular weight is 261 g/mol. The second kappa shape index (κ2) is 7.66. The Hall–Kier alpha value is -0.860. The zero-order chi connectivity index (χ0) is 13.5. The van der Waals surface area contributed by atoms with E-state index in [9.17, 15) is 0 Å². The van der Waals surface area contributed by atoms with E-state index in [0.717, 1.165) is 13.1 Å². The Morgan fingerprint density at radius 2 is 1.84 bits per heavy atom. The molecule has 1 saturated carbocycles. The molecule has 0 heterocycles. The highest BCUT2D eigenvalue weighted by Gasteiger charge is 2.20. The van der Waals surface area contributed by atoms with Crippen LogP contribution in [0.4, 0.5) is 0 Å². The van der Waals surface area contributed by atoms with Gasteiger partial charge in [0.05, 0.1) is 12.2 Å². The van der Waals surface area contributed by atoms with Crippen molar-refractivity contribution in [2.75, 3.05) is 13.1 Å². The zero-order valence-electron chi connectivity index (χ0n) is 12.3. The van der Waals surface area contributed by atoms with Crippen LogP contribution in [0.2, 0.25) is 0 Å². The maximum absolute atomic E-state index is 6.36. The van der Waals surface area contributed by atoms with Crippen LogP contribution in [-0.2, 0) is 4.74 Å². The third-order valence-electron chi connectivity index (χ3n) is 3.94. The molecule has 1 aromatic rings. The van der Waals surface area contributed by atoms with E-state index in [1.54, 1.807) is 0 Å². The highest BCUT2D eigenvalue weighted by Crippen LogP contribution is 2.27. The van der Waals surface area contributed by atoms with E-state index < -0.39 is 0 Å². The first-order valence-electron chi connectivity index (χ1n) is 7.72. The van der Waals surface area contributed by atoms with E-state index in [4.69, 9.17) is 4.74 Å². The topological polar surface area (TPSA) is 21.3 Å². The maximum Gasteiger partial charge on any atom is 0.0952 e. The molecule has 0 spiro atoms. The van der Waals surface area contributed by atoms with Crippen LogP contribution in [-0.4, -0.2) is 19.2 Å². The van der Waals surface area contributed by atoms with Crippen LogP contribution in [0.15, 0.2) is 24.3 Å². The monoisotopic (exact) mass is 261 g/mol. The van der Waals surface area contributed by atoms with Gasteiger partial charge in [0.25, 0.3) is 0 Å². The number of hydrogen-bond donors (Lipinski definition) is 1. The fourth-order valence-corrected chi connectivity index (χ4v) is 2.73. The van der Waals surface area contributed by atoms with Gasteiger partial charge in [-0.15, -0.1) is 0 Å².